The number of nitrogens with zero attached hydrogens (tertiary/aromatic N) is 1. The lowest BCUT2D eigenvalue weighted by molar-refractivity contribution is -0.939. The third-order valence-electron chi connectivity index (χ3n) is 3.25. The number of hydrogen-bond donors (Lipinski definition) is 1. The number of ketones is 1. The Balaban J connectivity index is 0. The summed E-state index contributed by atoms with van der Waals surface area (Å²) < 4.78 is 5.17. The first-order valence-corrected chi connectivity index (χ1v) is 6.53. The molecule has 0 aliphatic heterocycles. The quantitative estimate of drug-likeness (QED) is 0.250. The zero-order valence-electron chi connectivity index (χ0n) is 13.5. The van der Waals surface area contributed by atoms with E-state index < -0.39 is 18.1 Å². The number of ether oxygens (including phenoxy) is 1. The molecule has 0 aliphatic rings. The molecule has 122 valence electrons. The normalized spacial score (nSPS) is 13.6. The molecule has 2 unspecified atom stereocenters. The average Bonchev–Trinajstić information content (AvgIpc) is 2.35. The Kier molecular flexibility index (Phi) is 9.45. The minimum atomic E-state index is -0.886. The monoisotopic (exact) mass is 319 g/mol. The van der Waals surface area contributed by atoms with E-state index in [1.165, 1.54) is 0 Å². The maximum atomic E-state index is 11.8. The highest BCUT2D eigenvalue weighted by Crippen LogP contribution is 2.17. The van der Waals surface area contributed by atoms with Gasteiger partial charge in [-0.2, -0.15) is 0 Å². The van der Waals surface area contributed by atoms with E-state index in [0.29, 0.717) is 17.7 Å². The summed E-state index contributed by atoms with van der Waals surface area (Å²) >= 11 is 0. The summed E-state index contributed by atoms with van der Waals surface area (Å²) in [5, 5.41) is 10.3. The highest BCUT2D eigenvalue weighted by Gasteiger charge is 2.35. The van der Waals surface area contributed by atoms with Crippen LogP contribution in [-0.4, -0.2) is 54.8 Å². The molecular weight excluding hydrogens is 294 g/mol. The highest BCUT2D eigenvalue weighted by molar-refractivity contribution is 5.96. The molecule has 0 aliphatic carbocycles. The number of esters is 1. The maximum Gasteiger partial charge on any atom is 0.333 e. The van der Waals surface area contributed by atoms with Crippen LogP contribution < -0.4 is 12.4 Å². The molecule has 0 bridgehead atoms. The first-order chi connectivity index (χ1) is 9.00. The number of aliphatic hydroxyl groups excluding tert-OH is 1. The van der Waals surface area contributed by atoms with Crippen LogP contribution in [0.1, 0.15) is 20.8 Å². The van der Waals surface area contributed by atoms with Crippen molar-refractivity contribution in [1.82, 2.24) is 0 Å². The lowest BCUT2D eigenvalue weighted by Gasteiger charge is -2.36. The second kappa shape index (κ2) is 8.97. The lowest BCUT2D eigenvalue weighted by Crippen LogP contribution is -3.00. The predicted octanol–water partition coefficient (Wildman–Crippen LogP) is -1.71. The smallest absolute Gasteiger partial charge is 0.333 e. The molecule has 0 aromatic rings. The summed E-state index contributed by atoms with van der Waals surface area (Å²) in [5.74, 6) is -1.17. The Bertz CT molecular complexity index is 418. The fourth-order valence-corrected chi connectivity index (χ4v) is 1.76. The molecule has 0 heterocycles. The molecule has 0 radical (unpaired) electrons. The molecule has 0 saturated carbocycles. The number of carbonyl (C=O) groups is 2. The van der Waals surface area contributed by atoms with Crippen molar-refractivity contribution < 1.29 is 36.3 Å². The second-order valence-corrected chi connectivity index (χ2v) is 5.77. The van der Waals surface area contributed by atoms with Gasteiger partial charge in [0, 0.05) is 5.57 Å². The van der Waals surface area contributed by atoms with Gasteiger partial charge in [0.1, 0.15) is 13.2 Å². The standard InChI is InChI=1S/C15H26NO4.ClH/c1-10(2)13(17)12(5)14(18)16(6,7)8-9-20-15(19)11(3)4;/h12,14,18H,1,3,8-9H2,2,4-7H3;1H/q+1;/p-1. The summed E-state index contributed by atoms with van der Waals surface area (Å²) in [5.41, 5.74) is 0.756. The fourth-order valence-electron chi connectivity index (χ4n) is 1.76. The van der Waals surface area contributed by atoms with Gasteiger partial charge < -0.3 is 26.7 Å². The van der Waals surface area contributed by atoms with Gasteiger partial charge in [-0.05, 0) is 26.3 Å². The number of aliphatic hydroxyl groups is 1. The van der Waals surface area contributed by atoms with E-state index in [0.717, 1.165) is 0 Å². The third-order valence-corrected chi connectivity index (χ3v) is 3.25. The Hall–Kier alpha value is -1.17. The molecule has 0 spiro atoms. The van der Waals surface area contributed by atoms with Crippen molar-refractivity contribution in [2.24, 2.45) is 5.92 Å². The number of allylic oxidation sites excluding steroid dienone is 1. The molecule has 0 fully saturated rings. The minimum absolute atomic E-state index is 0. The van der Waals surface area contributed by atoms with Crippen LogP contribution in [0.15, 0.2) is 24.3 Å². The van der Waals surface area contributed by atoms with Crippen LogP contribution in [0, 0.1) is 5.92 Å². The number of likely N-dealkylation sites (N-methyl/N-ethyl adjacent to an activating group) is 1. The molecule has 21 heavy (non-hydrogen) atoms. The number of quaternary nitrogens is 1. The second-order valence-electron chi connectivity index (χ2n) is 5.77. The lowest BCUT2D eigenvalue weighted by atomic mass is 9.98. The van der Waals surface area contributed by atoms with Crippen molar-refractivity contribution in [1.29, 1.82) is 0 Å². The van der Waals surface area contributed by atoms with Crippen molar-refractivity contribution in [3.8, 4) is 0 Å². The average molecular weight is 320 g/mol. The van der Waals surface area contributed by atoms with Gasteiger partial charge >= 0.3 is 5.97 Å². The first-order valence-electron chi connectivity index (χ1n) is 6.53. The molecule has 0 aromatic heterocycles. The number of carbonyl (C=O) groups excluding carboxylic acids is 2. The van der Waals surface area contributed by atoms with Crippen molar-refractivity contribution in [2.75, 3.05) is 27.2 Å². The number of halogens is 1. The van der Waals surface area contributed by atoms with E-state index in [-0.39, 0.29) is 29.3 Å². The van der Waals surface area contributed by atoms with Gasteiger partial charge in [0.15, 0.2) is 12.0 Å². The van der Waals surface area contributed by atoms with Crippen molar-refractivity contribution >= 4 is 11.8 Å². The van der Waals surface area contributed by atoms with Crippen LogP contribution in [-0.2, 0) is 14.3 Å². The van der Waals surface area contributed by atoms with Crippen molar-refractivity contribution in [3.63, 3.8) is 0 Å². The van der Waals surface area contributed by atoms with E-state index >= 15 is 0 Å². The molecule has 2 atom stereocenters. The molecule has 0 saturated heterocycles. The molecule has 0 aromatic carbocycles. The van der Waals surface area contributed by atoms with Crippen LogP contribution in [0.25, 0.3) is 0 Å². The van der Waals surface area contributed by atoms with Gasteiger partial charge in [-0.3, -0.25) is 4.79 Å². The van der Waals surface area contributed by atoms with Gasteiger partial charge in [-0.1, -0.05) is 13.2 Å². The highest BCUT2D eigenvalue weighted by atomic mass is 35.5. The molecular formula is C15H26ClNO4. The Labute approximate surface area is 133 Å². The summed E-state index contributed by atoms with van der Waals surface area (Å²) in [6.07, 6.45) is -0.886. The Morgan fingerprint density at radius 2 is 1.67 bits per heavy atom. The van der Waals surface area contributed by atoms with Gasteiger partial charge in [-0.25, -0.2) is 4.79 Å². The first kappa shape index (κ1) is 22.1. The molecule has 6 heteroatoms. The Morgan fingerprint density at radius 3 is 2.05 bits per heavy atom. The molecule has 5 nitrogen and oxygen atoms in total. The summed E-state index contributed by atoms with van der Waals surface area (Å²) in [6.45, 7) is 12.5. The zero-order chi connectivity index (χ0) is 16.1. The number of Topliss-reactive ketones (excluding diaryl/α,β-unsaturated/α-hetero) is 1. The van der Waals surface area contributed by atoms with E-state index in [9.17, 15) is 14.7 Å². The van der Waals surface area contributed by atoms with Gasteiger partial charge in [0.05, 0.1) is 20.0 Å². The number of hydrogen-bond acceptors (Lipinski definition) is 4. The van der Waals surface area contributed by atoms with Crippen molar-refractivity contribution in [3.05, 3.63) is 24.3 Å². The fraction of sp³-hybridized carbons (Fsp3) is 0.600. The van der Waals surface area contributed by atoms with E-state index in [2.05, 4.69) is 13.2 Å². The van der Waals surface area contributed by atoms with Gasteiger partial charge in [-0.15, -0.1) is 0 Å². The van der Waals surface area contributed by atoms with Crippen LogP contribution in [0.3, 0.4) is 0 Å². The largest absolute Gasteiger partial charge is 1.00 e. The van der Waals surface area contributed by atoms with Gasteiger partial charge in [0.25, 0.3) is 0 Å². The summed E-state index contributed by atoms with van der Waals surface area (Å²) in [4.78, 5) is 23.1. The zero-order valence-corrected chi connectivity index (χ0v) is 14.2. The minimum Gasteiger partial charge on any atom is -1.00 e. The van der Waals surface area contributed by atoms with Crippen LogP contribution in [0.4, 0.5) is 0 Å². The maximum absolute atomic E-state index is 11.8. The molecule has 0 amide bonds. The Morgan fingerprint density at radius 1 is 1.19 bits per heavy atom. The van der Waals surface area contributed by atoms with E-state index in [1.807, 2.05) is 0 Å². The van der Waals surface area contributed by atoms with Gasteiger partial charge in [0.2, 0.25) is 0 Å². The molecule has 1 N–H and O–H groups in total. The van der Waals surface area contributed by atoms with Crippen molar-refractivity contribution in [2.45, 2.75) is 27.0 Å². The predicted molar refractivity (Wildman–Crippen MR) is 77.7 cm³/mol. The van der Waals surface area contributed by atoms with Crippen LogP contribution in [0.5, 0.6) is 0 Å². The molecule has 0 rings (SSSR count). The summed E-state index contributed by atoms with van der Waals surface area (Å²) in [7, 11) is 3.56. The SMILES string of the molecule is C=C(C)C(=O)OCC[N+](C)(C)C(O)C(C)C(=O)C(=C)C.[Cl-]. The summed E-state index contributed by atoms with van der Waals surface area (Å²) in [6, 6.07) is 0. The van der Waals surface area contributed by atoms with Crippen LogP contribution in [0.2, 0.25) is 0 Å². The van der Waals surface area contributed by atoms with E-state index in [4.69, 9.17) is 4.74 Å². The van der Waals surface area contributed by atoms with Crippen LogP contribution >= 0.6 is 0 Å². The third kappa shape index (κ3) is 6.89. The number of rotatable bonds is 8. The topological polar surface area (TPSA) is 63.6 Å². The van der Waals surface area contributed by atoms with E-state index in [1.54, 1.807) is 34.9 Å².